The van der Waals surface area contributed by atoms with Crippen LogP contribution in [0.25, 0.3) is 0 Å². The molecular weight excluding hydrogens is 578 g/mol. The zero-order valence-corrected chi connectivity index (χ0v) is 26.9. The topological polar surface area (TPSA) is 182 Å². The summed E-state index contributed by atoms with van der Waals surface area (Å²) in [6.07, 6.45) is 3.66. The highest BCUT2D eigenvalue weighted by molar-refractivity contribution is 5.95. The van der Waals surface area contributed by atoms with E-state index in [0.717, 1.165) is 36.1 Å². The number of imide groups is 1. The maximum atomic E-state index is 13.5. The van der Waals surface area contributed by atoms with Crippen LogP contribution in [-0.4, -0.2) is 93.1 Å². The van der Waals surface area contributed by atoms with Crippen molar-refractivity contribution in [1.82, 2.24) is 20.4 Å². The van der Waals surface area contributed by atoms with E-state index in [2.05, 4.69) is 10.6 Å². The molecule has 5 amide bonds. The first-order chi connectivity index (χ1) is 21.2. The predicted octanol–water partition coefficient (Wildman–Crippen LogP) is 2.42. The van der Waals surface area contributed by atoms with Crippen molar-refractivity contribution in [2.24, 2.45) is 17.6 Å². The summed E-state index contributed by atoms with van der Waals surface area (Å²) in [6.45, 7) is 6.35. The summed E-state index contributed by atoms with van der Waals surface area (Å²) in [4.78, 5) is 65.4. The van der Waals surface area contributed by atoms with Crippen molar-refractivity contribution in [2.75, 3.05) is 19.6 Å². The Morgan fingerprint density at radius 2 is 1.69 bits per heavy atom. The largest absolute Gasteiger partial charge is 0.481 e. The third kappa shape index (κ3) is 11.7. The standard InChI is InChI=1S/C33H51N5O7/c1-33(2,3)36-31(44)26-19-23-12-7-8-13-24(23)20-37(26)21-27(39)25(18-22-10-5-4-6-11-22)35-32(45)38(17-16-28(34)40)29(41)14-9-15-30(42)43/h4-6,10-11,23-27,39H,7-9,12-21H2,1-3H3,(H2,34,40)(H,35,45)(H,36,44)(H,42,43)/t23-,24+,25-,26-,27+/m0/s1. The van der Waals surface area contributed by atoms with Gasteiger partial charge in [-0.1, -0.05) is 49.6 Å². The lowest BCUT2D eigenvalue weighted by molar-refractivity contribution is -0.137. The zero-order chi connectivity index (χ0) is 33.1. The van der Waals surface area contributed by atoms with Gasteiger partial charge in [0.15, 0.2) is 0 Å². The molecule has 1 saturated heterocycles. The minimum atomic E-state index is -1.10. The molecule has 5 atom stereocenters. The Morgan fingerprint density at radius 3 is 2.31 bits per heavy atom. The number of primary amides is 1. The summed E-state index contributed by atoms with van der Waals surface area (Å²) < 4.78 is 0. The molecule has 45 heavy (non-hydrogen) atoms. The van der Waals surface area contributed by atoms with Gasteiger partial charge >= 0.3 is 12.0 Å². The number of hydrogen-bond donors (Lipinski definition) is 5. The van der Waals surface area contributed by atoms with Crippen LogP contribution < -0.4 is 16.4 Å². The fourth-order valence-corrected chi connectivity index (χ4v) is 6.47. The van der Waals surface area contributed by atoms with Crippen LogP contribution in [-0.2, 0) is 25.6 Å². The van der Waals surface area contributed by atoms with Crippen molar-refractivity contribution < 1.29 is 34.2 Å². The number of urea groups is 1. The highest BCUT2D eigenvalue weighted by atomic mass is 16.4. The summed E-state index contributed by atoms with van der Waals surface area (Å²) >= 11 is 0. The molecule has 2 aliphatic rings. The van der Waals surface area contributed by atoms with Crippen molar-refractivity contribution in [3.05, 3.63) is 35.9 Å². The van der Waals surface area contributed by atoms with Gasteiger partial charge in [-0.15, -0.1) is 0 Å². The van der Waals surface area contributed by atoms with E-state index >= 15 is 0 Å². The number of likely N-dealkylation sites (tertiary alicyclic amines) is 1. The average molecular weight is 630 g/mol. The number of nitrogens with one attached hydrogen (secondary N) is 2. The zero-order valence-electron chi connectivity index (χ0n) is 26.9. The van der Waals surface area contributed by atoms with Crippen molar-refractivity contribution in [2.45, 2.75) is 109 Å². The van der Waals surface area contributed by atoms with Gasteiger partial charge in [0.2, 0.25) is 17.7 Å². The van der Waals surface area contributed by atoms with Crippen molar-refractivity contribution >= 4 is 29.7 Å². The van der Waals surface area contributed by atoms with Gasteiger partial charge in [-0.3, -0.25) is 29.0 Å². The van der Waals surface area contributed by atoms with Crippen LogP contribution >= 0.6 is 0 Å². The van der Waals surface area contributed by atoms with Crippen LogP contribution in [0.5, 0.6) is 0 Å². The number of carbonyl (C=O) groups is 5. The molecule has 3 rings (SSSR count). The second-order valence-corrected chi connectivity index (χ2v) is 13.6. The van der Waals surface area contributed by atoms with Crippen LogP contribution in [0.2, 0.25) is 0 Å². The number of fused-ring (bicyclic) bond motifs is 1. The minimum absolute atomic E-state index is 0.0275. The van der Waals surface area contributed by atoms with Gasteiger partial charge in [0.1, 0.15) is 0 Å². The van der Waals surface area contributed by atoms with Crippen LogP contribution in [0.4, 0.5) is 4.79 Å². The van der Waals surface area contributed by atoms with E-state index in [0.29, 0.717) is 24.8 Å². The number of aliphatic carboxylic acids is 1. The fourth-order valence-electron chi connectivity index (χ4n) is 6.47. The van der Waals surface area contributed by atoms with Gasteiger partial charge in [0.05, 0.1) is 18.2 Å². The second kappa shape index (κ2) is 16.7. The lowest BCUT2D eigenvalue weighted by Crippen LogP contribution is -2.61. The van der Waals surface area contributed by atoms with Crippen LogP contribution in [0.1, 0.15) is 84.1 Å². The van der Waals surface area contributed by atoms with Gasteiger partial charge in [-0.25, -0.2) is 4.79 Å². The Labute approximate surface area is 266 Å². The number of rotatable bonds is 14. The third-order valence-electron chi connectivity index (χ3n) is 8.71. The number of carboxylic acids is 1. The Balaban J connectivity index is 1.83. The Kier molecular flexibility index (Phi) is 13.3. The molecule has 12 nitrogen and oxygen atoms in total. The number of aliphatic hydroxyl groups excluding tert-OH is 1. The molecule has 1 heterocycles. The number of β-amino-alcohol motifs (C(OH)–C–C–N with tert-alkyl or cyclic N) is 1. The van der Waals surface area contributed by atoms with Gasteiger partial charge < -0.3 is 26.6 Å². The molecule has 250 valence electrons. The first kappa shape index (κ1) is 36.0. The number of nitrogens with two attached hydrogens (primary N) is 1. The molecule has 0 unspecified atom stereocenters. The van der Waals surface area contributed by atoms with Crippen molar-refractivity contribution in [3.8, 4) is 0 Å². The quantitative estimate of drug-likeness (QED) is 0.208. The highest BCUT2D eigenvalue weighted by Gasteiger charge is 2.42. The minimum Gasteiger partial charge on any atom is -0.481 e. The molecule has 0 aromatic heterocycles. The lowest BCUT2D eigenvalue weighted by Gasteiger charge is -2.47. The smallest absolute Gasteiger partial charge is 0.324 e. The predicted molar refractivity (Wildman–Crippen MR) is 169 cm³/mol. The molecule has 0 bridgehead atoms. The molecule has 6 N–H and O–H groups in total. The third-order valence-corrected chi connectivity index (χ3v) is 8.71. The summed E-state index contributed by atoms with van der Waals surface area (Å²) in [6, 6.07) is 7.26. The molecule has 0 radical (unpaired) electrons. The number of aliphatic hydroxyl groups is 1. The highest BCUT2D eigenvalue weighted by Crippen LogP contribution is 2.39. The second-order valence-electron chi connectivity index (χ2n) is 13.6. The maximum Gasteiger partial charge on any atom is 0.324 e. The lowest BCUT2D eigenvalue weighted by atomic mass is 9.72. The average Bonchev–Trinajstić information content (AvgIpc) is 2.95. The molecule has 1 aliphatic carbocycles. The molecule has 0 spiro atoms. The maximum absolute atomic E-state index is 13.5. The van der Waals surface area contributed by atoms with E-state index in [1.165, 1.54) is 0 Å². The fraction of sp³-hybridized carbons (Fsp3) is 0.667. The summed E-state index contributed by atoms with van der Waals surface area (Å²) in [7, 11) is 0. The van der Waals surface area contributed by atoms with Crippen LogP contribution in [0.15, 0.2) is 30.3 Å². The van der Waals surface area contributed by atoms with Gasteiger partial charge in [-0.2, -0.15) is 0 Å². The number of carboxylic acid groups (broad SMARTS) is 1. The normalized spacial score (nSPS) is 21.6. The van der Waals surface area contributed by atoms with Crippen LogP contribution in [0, 0.1) is 11.8 Å². The SMILES string of the molecule is CC(C)(C)NC(=O)[C@@H]1C[C@@H]2CCCC[C@@H]2CN1C[C@@H](O)[C@H](Cc1ccccc1)NC(=O)N(CCC(N)=O)C(=O)CCCC(=O)O. The number of nitrogens with zero attached hydrogens (tertiary/aromatic N) is 2. The molecule has 1 aromatic rings. The van der Waals surface area contributed by atoms with E-state index in [1.54, 1.807) is 0 Å². The number of carbonyl (C=O) groups excluding carboxylic acids is 4. The Bertz CT molecular complexity index is 1170. The monoisotopic (exact) mass is 629 g/mol. The summed E-state index contributed by atoms with van der Waals surface area (Å²) in [5.41, 5.74) is 5.73. The van der Waals surface area contributed by atoms with E-state index in [9.17, 15) is 29.1 Å². The molecule has 1 aliphatic heterocycles. The van der Waals surface area contributed by atoms with Gasteiger partial charge in [-0.05, 0) is 63.9 Å². The van der Waals surface area contributed by atoms with E-state index in [4.69, 9.17) is 10.8 Å². The molecule has 1 saturated carbocycles. The number of benzene rings is 1. The van der Waals surface area contributed by atoms with E-state index in [1.807, 2.05) is 56.0 Å². The van der Waals surface area contributed by atoms with E-state index in [-0.39, 0.29) is 51.1 Å². The molecule has 1 aromatic carbocycles. The van der Waals surface area contributed by atoms with E-state index < -0.39 is 47.5 Å². The van der Waals surface area contributed by atoms with Gasteiger partial charge in [0.25, 0.3) is 0 Å². The van der Waals surface area contributed by atoms with Crippen molar-refractivity contribution in [3.63, 3.8) is 0 Å². The number of hydrogen-bond acceptors (Lipinski definition) is 7. The first-order valence-corrected chi connectivity index (χ1v) is 16.1. The summed E-state index contributed by atoms with van der Waals surface area (Å²) in [5, 5.41) is 26.6. The van der Waals surface area contributed by atoms with Crippen LogP contribution in [0.3, 0.4) is 0 Å². The van der Waals surface area contributed by atoms with Gasteiger partial charge in [0, 0.05) is 44.4 Å². The van der Waals surface area contributed by atoms with Crippen molar-refractivity contribution in [1.29, 1.82) is 0 Å². The number of piperidine rings is 1. The Hall–Kier alpha value is -3.51. The molecular formula is C33H51N5O7. The molecule has 12 heteroatoms. The summed E-state index contributed by atoms with van der Waals surface area (Å²) in [5.74, 6) is -1.59. The number of amides is 5. The first-order valence-electron chi connectivity index (χ1n) is 16.1. The Morgan fingerprint density at radius 1 is 1.02 bits per heavy atom. The molecule has 2 fully saturated rings.